The van der Waals surface area contributed by atoms with Gasteiger partial charge in [0.2, 0.25) is 0 Å². The summed E-state index contributed by atoms with van der Waals surface area (Å²) in [5, 5.41) is 3.32. The van der Waals surface area contributed by atoms with E-state index in [1.54, 1.807) is 18.2 Å². The smallest absolute Gasteiger partial charge is 0.251 e. The molecule has 0 aliphatic carbocycles. The Morgan fingerprint density at radius 2 is 2.09 bits per heavy atom. The van der Waals surface area contributed by atoms with E-state index in [-0.39, 0.29) is 11.9 Å². The van der Waals surface area contributed by atoms with Gasteiger partial charge in [0.1, 0.15) is 17.3 Å². The summed E-state index contributed by atoms with van der Waals surface area (Å²) < 4.78 is 10.8. The number of halogens is 1. The van der Waals surface area contributed by atoms with Crippen molar-refractivity contribution >= 4 is 17.5 Å². The van der Waals surface area contributed by atoms with Crippen molar-refractivity contribution in [2.75, 3.05) is 27.7 Å². The molecule has 0 spiro atoms. The van der Waals surface area contributed by atoms with E-state index in [9.17, 15) is 4.79 Å². The molecule has 1 aromatic carbocycles. The van der Waals surface area contributed by atoms with Gasteiger partial charge in [0.05, 0.1) is 18.2 Å². The molecule has 2 rings (SSSR count). The first-order valence-corrected chi connectivity index (χ1v) is 7.64. The zero-order valence-corrected chi connectivity index (χ0v) is 14.5. The van der Waals surface area contributed by atoms with Crippen LogP contribution in [0.2, 0.25) is 5.02 Å². The Balaban J connectivity index is 2.06. The summed E-state index contributed by atoms with van der Waals surface area (Å²) in [5.41, 5.74) is 0.490. The van der Waals surface area contributed by atoms with Gasteiger partial charge in [-0.25, -0.2) is 0 Å². The van der Waals surface area contributed by atoms with Crippen LogP contribution in [0.1, 0.15) is 27.9 Å². The molecule has 2 aromatic rings. The minimum Gasteiger partial charge on any atom is -0.495 e. The number of carbonyl (C=O) groups is 1. The highest BCUT2D eigenvalue weighted by Gasteiger charge is 2.19. The van der Waals surface area contributed by atoms with Gasteiger partial charge in [0, 0.05) is 12.1 Å². The molecule has 23 heavy (non-hydrogen) atoms. The number of benzene rings is 1. The first-order valence-electron chi connectivity index (χ1n) is 7.27. The number of hydrogen-bond donors (Lipinski definition) is 1. The zero-order valence-electron chi connectivity index (χ0n) is 13.7. The molecular formula is C17H21ClN2O3. The summed E-state index contributed by atoms with van der Waals surface area (Å²) in [7, 11) is 5.42. The Bertz CT molecular complexity index is 682. The summed E-state index contributed by atoms with van der Waals surface area (Å²) >= 11 is 6.06. The maximum Gasteiger partial charge on any atom is 0.251 e. The third kappa shape index (κ3) is 4.27. The van der Waals surface area contributed by atoms with Crippen LogP contribution in [-0.4, -0.2) is 38.6 Å². The molecule has 1 amide bonds. The van der Waals surface area contributed by atoms with Crippen molar-refractivity contribution in [1.29, 1.82) is 0 Å². The lowest BCUT2D eigenvalue weighted by Gasteiger charge is -2.22. The van der Waals surface area contributed by atoms with Crippen LogP contribution < -0.4 is 10.1 Å². The molecule has 1 N–H and O–H groups in total. The van der Waals surface area contributed by atoms with Crippen LogP contribution in [-0.2, 0) is 0 Å². The van der Waals surface area contributed by atoms with Gasteiger partial charge in [-0.3, -0.25) is 9.69 Å². The van der Waals surface area contributed by atoms with Crippen LogP contribution in [0, 0.1) is 6.92 Å². The van der Waals surface area contributed by atoms with Crippen molar-refractivity contribution in [3.8, 4) is 5.75 Å². The maximum absolute atomic E-state index is 12.3. The number of likely N-dealkylation sites (N-methyl/N-ethyl adjacent to an activating group) is 1. The van der Waals surface area contributed by atoms with Gasteiger partial charge < -0.3 is 14.5 Å². The summed E-state index contributed by atoms with van der Waals surface area (Å²) in [6.45, 7) is 2.33. The third-order valence-corrected chi connectivity index (χ3v) is 3.88. The van der Waals surface area contributed by atoms with Crippen molar-refractivity contribution in [3.63, 3.8) is 0 Å². The number of methoxy groups -OCH3 is 1. The molecule has 5 nitrogen and oxygen atoms in total. The molecule has 0 radical (unpaired) electrons. The number of nitrogens with zero attached hydrogens (tertiary/aromatic N) is 1. The maximum atomic E-state index is 12.3. The molecule has 0 aliphatic heterocycles. The largest absolute Gasteiger partial charge is 0.495 e. The quantitative estimate of drug-likeness (QED) is 0.879. The highest BCUT2D eigenvalue weighted by Crippen LogP contribution is 2.25. The van der Waals surface area contributed by atoms with Crippen molar-refractivity contribution in [3.05, 3.63) is 52.4 Å². The molecule has 0 bridgehead atoms. The number of nitrogens with one attached hydrogen (secondary N) is 1. The predicted octanol–water partition coefficient (Wildman–Crippen LogP) is 3.28. The van der Waals surface area contributed by atoms with E-state index >= 15 is 0 Å². The van der Waals surface area contributed by atoms with E-state index in [2.05, 4.69) is 5.32 Å². The van der Waals surface area contributed by atoms with Gasteiger partial charge in [0.15, 0.2) is 0 Å². The topological polar surface area (TPSA) is 54.7 Å². The SMILES string of the molecule is COc1ccc(C(=O)NC[C@H](c2ccc(C)o2)N(C)C)cc1Cl. The summed E-state index contributed by atoms with van der Waals surface area (Å²) in [5.74, 6) is 2.02. The van der Waals surface area contributed by atoms with Crippen molar-refractivity contribution in [2.24, 2.45) is 0 Å². The van der Waals surface area contributed by atoms with E-state index in [1.165, 1.54) is 7.11 Å². The second-order valence-electron chi connectivity index (χ2n) is 5.49. The van der Waals surface area contributed by atoms with Crippen molar-refractivity contribution in [1.82, 2.24) is 10.2 Å². The normalized spacial score (nSPS) is 12.3. The van der Waals surface area contributed by atoms with Gasteiger partial charge in [-0.1, -0.05) is 11.6 Å². The predicted molar refractivity (Wildman–Crippen MR) is 90.2 cm³/mol. The van der Waals surface area contributed by atoms with E-state index < -0.39 is 0 Å². The fourth-order valence-electron chi connectivity index (χ4n) is 2.27. The second kappa shape index (κ2) is 7.53. The van der Waals surface area contributed by atoms with Gasteiger partial charge in [-0.2, -0.15) is 0 Å². The number of rotatable bonds is 6. The van der Waals surface area contributed by atoms with E-state index in [0.29, 0.717) is 22.9 Å². The molecule has 1 heterocycles. The molecule has 6 heteroatoms. The van der Waals surface area contributed by atoms with Crippen LogP contribution in [0.15, 0.2) is 34.7 Å². The first-order chi connectivity index (χ1) is 10.9. The zero-order chi connectivity index (χ0) is 17.0. The van der Waals surface area contributed by atoms with Gasteiger partial charge in [-0.15, -0.1) is 0 Å². The molecule has 1 atom stereocenters. The molecule has 1 aromatic heterocycles. The van der Waals surface area contributed by atoms with Crippen molar-refractivity contribution < 1.29 is 13.9 Å². The van der Waals surface area contributed by atoms with Gasteiger partial charge in [-0.05, 0) is 51.4 Å². The molecule has 0 fully saturated rings. The monoisotopic (exact) mass is 336 g/mol. The molecule has 0 unspecified atom stereocenters. The number of aryl methyl sites for hydroxylation is 1. The molecule has 0 saturated carbocycles. The Labute approximate surface area is 141 Å². The van der Waals surface area contributed by atoms with Crippen LogP contribution in [0.4, 0.5) is 0 Å². The molecular weight excluding hydrogens is 316 g/mol. The lowest BCUT2D eigenvalue weighted by atomic mass is 10.1. The Morgan fingerprint density at radius 1 is 1.35 bits per heavy atom. The van der Waals surface area contributed by atoms with E-state index in [1.807, 2.05) is 38.1 Å². The molecule has 0 saturated heterocycles. The lowest BCUT2D eigenvalue weighted by molar-refractivity contribution is 0.0939. The number of amides is 1. The van der Waals surface area contributed by atoms with Gasteiger partial charge in [0.25, 0.3) is 5.91 Å². The highest BCUT2D eigenvalue weighted by atomic mass is 35.5. The molecule has 124 valence electrons. The van der Waals surface area contributed by atoms with Crippen molar-refractivity contribution in [2.45, 2.75) is 13.0 Å². The first kappa shape index (κ1) is 17.4. The summed E-state index contributed by atoms with van der Waals surface area (Å²) in [4.78, 5) is 14.3. The number of carbonyl (C=O) groups excluding carboxylic acids is 1. The molecule has 0 aliphatic rings. The van der Waals surface area contributed by atoms with Crippen LogP contribution in [0.3, 0.4) is 0 Å². The second-order valence-corrected chi connectivity index (χ2v) is 5.89. The Hall–Kier alpha value is -1.98. The average molecular weight is 337 g/mol. The third-order valence-electron chi connectivity index (χ3n) is 3.58. The van der Waals surface area contributed by atoms with Crippen LogP contribution >= 0.6 is 11.6 Å². The number of ether oxygens (including phenoxy) is 1. The minimum atomic E-state index is -0.190. The van der Waals surface area contributed by atoms with Crippen LogP contribution in [0.25, 0.3) is 0 Å². The van der Waals surface area contributed by atoms with Crippen LogP contribution in [0.5, 0.6) is 5.75 Å². The number of hydrogen-bond acceptors (Lipinski definition) is 4. The Kier molecular flexibility index (Phi) is 5.69. The summed E-state index contributed by atoms with van der Waals surface area (Å²) in [6, 6.07) is 8.75. The highest BCUT2D eigenvalue weighted by molar-refractivity contribution is 6.32. The standard InChI is InChI=1S/C17H21ClN2O3/c1-11-5-7-16(23-11)14(20(2)3)10-19-17(21)12-6-8-15(22-4)13(18)9-12/h5-9,14H,10H2,1-4H3,(H,19,21)/t14-/m1/s1. The van der Waals surface area contributed by atoms with E-state index in [4.69, 9.17) is 20.8 Å². The number of furan rings is 1. The fraction of sp³-hybridized carbons (Fsp3) is 0.353. The van der Waals surface area contributed by atoms with E-state index in [0.717, 1.165) is 11.5 Å². The summed E-state index contributed by atoms with van der Waals surface area (Å²) in [6.07, 6.45) is 0. The lowest BCUT2D eigenvalue weighted by Crippen LogP contribution is -2.34. The average Bonchev–Trinajstić information content (AvgIpc) is 2.93. The fourth-order valence-corrected chi connectivity index (χ4v) is 2.53. The Morgan fingerprint density at radius 3 is 2.61 bits per heavy atom. The minimum absolute atomic E-state index is 0.0404. The van der Waals surface area contributed by atoms with Gasteiger partial charge >= 0.3 is 0 Å².